The molecule has 3 amide bonds. The predicted molar refractivity (Wildman–Crippen MR) is 138 cm³/mol. The number of likely N-dealkylation sites (tertiary alicyclic amines) is 2. The smallest absolute Gasteiger partial charge is 0.254 e. The van der Waals surface area contributed by atoms with Gasteiger partial charge in [0.2, 0.25) is 5.91 Å². The fourth-order valence-corrected chi connectivity index (χ4v) is 5.24. The second kappa shape index (κ2) is 10.6. The lowest BCUT2D eigenvalue weighted by Crippen LogP contribution is -2.53. The largest absolute Gasteiger partial charge is 0.340 e. The van der Waals surface area contributed by atoms with Crippen LogP contribution in [0, 0.1) is 5.92 Å². The van der Waals surface area contributed by atoms with Gasteiger partial charge in [-0.15, -0.1) is 0 Å². The zero-order chi connectivity index (χ0) is 26.0. The van der Waals surface area contributed by atoms with Crippen LogP contribution < -0.4 is 5.32 Å². The number of amides is 3. The van der Waals surface area contributed by atoms with E-state index < -0.39 is 12.1 Å². The van der Waals surface area contributed by atoms with Gasteiger partial charge in [-0.25, -0.2) is 0 Å². The Morgan fingerprint density at radius 2 is 1.58 bits per heavy atom. The van der Waals surface area contributed by atoms with Crippen LogP contribution in [-0.4, -0.2) is 64.5 Å². The third-order valence-electron chi connectivity index (χ3n) is 7.14. The van der Waals surface area contributed by atoms with Crippen molar-refractivity contribution in [3.05, 3.63) is 71.3 Å². The number of rotatable bonds is 7. The van der Waals surface area contributed by atoms with E-state index in [1.807, 2.05) is 32.0 Å². The predicted octanol–water partition coefficient (Wildman–Crippen LogP) is 3.65. The van der Waals surface area contributed by atoms with Gasteiger partial charge in [0.05, 0.1) is 12.6 Å². The summed E-state index contributed by atoms with van der Waals surface area (Å²) in [5.74, 6) is -0.366. The van der Waals surface area contributed by atoms with Gasteiger partial charge in [-0.05, 0) is 54.5 Å². The lowest BCUT2D eigenvalue weighted by atomic mass is 10.00. The highest BCUT2D eigenvalue weighted by Gasteiger charge is 2.52. The van der Waals surface area contributed by atoms with E-state index >= 15 is 0 Å². The number of carbonyl (C=O) groups excluding carboxylic acids is 4. The summed E-state index contributed by atoms with van der Waals surface area (Å²) in [4.78, 5) is 56.0. The lowest BCUT2D eigenvalue weighted by molar-refractivity contribution is -0.138. The van der Waals surface area contributed by atoms with Crippen LogP contribution in [0.25, 0.3) is 0 Å². The van der Waals surface area contributed by atoms with Gasteiger partial charge in [-0.3, -0.25) is 19.2 Å². The van der Waals surface area contributed by atoms with Crippen LogP contribution in [0.1, 0.15) is 72.7 Å². The number of nitrogens with one attached hydrogen (secondary N) is 1. The highest BCUT2D eigenvalue weighted by Crippen LogP contribution is 2.32. The summed E-state index contributed by atoms with van der Waals surface area (Å²) in [5, 5.41) is 2.92. The molecule has 36 heavy (non-hydrogen) atoms. The standard InChI is InChI=1S/C29H35N3O4/c1-18(2)16-23(30-27(34)21-12-10-20(11-13-21)19(3)4)29(36)31-15-14-24-26(31)25(33)17-32(24)28(35)22-8-6-5-7-9-22/h5-13,18-19,23-24,26H,14-17H2,1-4H3,(H,30,34). The number of ketones is 1. The Labute approximate surface area is 212 Å². The summed E-state index contributed by atoms with van der Waals surface area (Å²) < 4.78 is 0. The van der Waals surface area contributed by atoms with Gasteiger partial charge in [0.15, 0.2) is 5.78 Å². The number of carbonyl (C=O) groups is 4. The van der Waals surface area contributed by atoms with Gasteiger partial charge < -0.3 is 15.1 Å². The van der Waals surface area contributed by atoms with Crippen LogP contribution in [0.2, 0.25) is 0 Å². The average Bonchev–Trinajstić information content (AvgIpc) is 3.44. The molecule has 2 aromatic rings. The molecule has 7 nitrogen and oxygen atoms in total. The van der Waals surface area contributed by atoms with Crippen LogP contribution in [0.5, 0.6) is 0 Å². The first-order valence-electron chi connectivity index (χ1n) is 12.8. The van der Waals surface area contributed by atoms with E-state index in [9.17, 15) is 19.2 Å². The molecule has 3 atom stereocenters. The Balaban J connectivity index is 1.50. The number of benzene rings is 2. The van der Waals surface area contributed by atoms with Crippen molar-refractivity contribution >= 4 is 23.5 Å². The maximum atomic E-state index is 13.7. The van der Waals surface area contributed by atoms with Gasteiger partial charge in [0, 0.05) is 17.7 Å². The summed E-state index contributed by atoms with van der Waals surface area (Å²) in [5.41, 5.74) is 2.17. The van der Waals surface area contributed by atoms with Crippen LogP contribution in [0.4, 0.5) is 0 Å². The van der Waals surface area contributed by atoms with Gasteiger partial charge >= 0.3 is 0 Å². The lowest BCUT2D eigenvalue weighted by Gasteiger charge is -2.29. The fourth-order valence-electron chi connectivity index (χ4n) is 5.24. The van der Waals surface area contributed by atoms with E-state index in [1.54, 1.807) is 46.2 Å². The maximum absolute atomic E-state index is 13.7. The molecule has 2 saturated heterocycles. The van der Waals surface area contributed by atoms with Gasteiger partial charge in [-0.2, -0.15) is 0 Å². The average molecular weight is 490 g/mol. The Bertz CT molecular complexity index is 1130. The monoisotopic (exact) mass is 489 g/mol. The van der Waals surface area contributed by atoms with Gasteiger partial charge in [0.1, 0.15) is 12.1 Å². The number of nitrogens with zero attached hydrogens (tertiary/aromatic N) is 2. The molecule has 0 spiro atoms. The molecule has 0 saturated carbocycles. The molecule has 2 aliphatic heterocycles. The van der Waals surface area contributed by atoms with Crippen LogP contribution in [-0.2, 0) is 9.59 Å². The minimum Gasteiger partial charge on any atom is -0.340 e. The molecule has 1 N–H and O–H groups in total. The van der Waals surface area contributed by atoms with E-state index in [0.29, 0.717) is 36.4 Å². The quantitative estimate of drug-likeness (QED) is 0.643. The normalized spacial score (nSPS) is 20.1. The Hall–Kier alpha value is -3.48. The SMILES string of the molecule is CC(C)CC(NC(=O)c1ccc(C(C)C)cc1)C(=O)N1CCC2C1C(=O)CN2C(=O)c1ccccc1. The zero-order valence-corrected chi connectivity index (χ0v) is 21.4. The van der Waals surface area contributed by atoms with Crippen molar-refractivity contribution in [2.45, 2.75) is 64.6 Å². The molecule has 2 aromatic carbocycles. The van der Waals surface area contributed by atoms with Gasteiger partial charge in [-0.1, -0.05) is 58.0 Å². The second-order valence-electron chi connectivity index (χ2n) is 10.5. The van der Waals surface area contributed by atoms with E-state index in [-0.39, 0.29) is 42.0 Å². The summed E-state index contributed by atoms with van der Waals surface area (Å²) in [6.45, 7) is 8.56. The zero-order valence-electron chi connectivity index (χ0n) is 21.4. The molecular weight excluding hydrogens is 454 g/mol. The first-order valence-corrected chi connectivity index (χ1v) is 12.8. The van der Waals surface area contributed by atoms with E-state index in [2.05, 4.69) is 19.2 Å². The molecule has 3 unspecified atom stereocenters. The van der Waals surface area contributed by atoms with Crippen molar-refractivity contribution in [3.8, 4) is 0 Å². The van der Waals surface area contributed by atoms with Crippen molar-refractivity contribution in [2.24, 2.45) is 5.92 Å². The number of fused-ring (bicyclic) bond motifs is 1. The molecule has 190 valence electrons. The fraction of sp³-hybridized carbons (Fsp3) is 0.448. The molecule has 0 bridgehead atoms. The number of hydrogen-bond donors (Lipinski definition) is 1. The third-order valence-corrected chi connectivity index (χ3v) is 7.14. The molecule has 7 heteroatoms. The first-order chi connectivity index (χ1) is 17.2. The summed E-state index contributed by atoms with van der Waals surface area (Å²) in [6.07, 6.45) is 1.00. The molecule has 0 aliphatic carbocycles. The molecular formula is C29H35N3O4. The van der Waals surface area contributed by atoms with Crippen LogP contribution in [0.15, 0.2) is 54.6 Å². The second-order valence-corrected chi connectivity index (χ2v) is 10.5. The topological polar surface area (TPSA) is 86.8 Å². The van der Waals surface area contributed by atoms with Crippen LogP contribution in [0.3, 0.4) is 0 Å². The highest BCUT2D eigenvalue weighted by atomic mass is 16.2. The summed E-state index contributed by atoms with van der Waals surface area (Å²) in [7, 11) is 0. The van der Waals surface area contributed by atoms with Crippen molar-refractivity contribution in [1.29, 1.82) is 0 Å². The Morgan fingerprint density at radius 3 is 2.19 bits per heavy atom. The van der Waals surface area contributed by atoms with E-state index in [4.69, 9.17) is 0 Å². The molecule has 2 aliphatic rings. The Morgan fingerprint density at radius 1 is 0.917 bits per heavy atom. The summed E-state index contributed by atoms with van der Waals surface area (Å²) >= 11 is 0. The summed E-state index contributed by atoms with van der Waals surface area (Å²) in [6, 6.07) is 14.6. The Kier molecular flexibility index (Phi) is 7.57. The molecule has 2 fully saturated rings. The van der Waals surface area contributed by atoms with Crippen molar-refractivity contribution in [3.63, 3.8) is 0 Å². The minimum absolute atomic E-state index is 0.00372. The molecule has 0 radical (unpaired) electrons. The molecule has 4 rings (SSSR count). The van der Waals surface area contributed by atoms with Crippen molar-refractivity contribution < 1.29 is 19.2 Å². The third kappa shape index (κ3) is 5.20. The van der Waals surface area contributed by atoms with E-state index in [0.717, 1.165) is 5.56 Å². The first kappa shape index (κ1) is 25.6. The maximum Gasteiger partial charge on any atom is 0.254 e. The van der Waals surface area contributed by atoms with Crippen molar-refractivity contribution in [2.75, 3.05) is 13.1 Å². The van der Waals surface area contributed by atoms with Crippen LogP contribution >= 0.6 is 0 Å². The molecule has 2 heterocycles. The van der Waals surface area contributed by atoms with E-state index in [1.165, 1.54) is 0 Å². The number of hydrogen-bond acceptors (Lipinski definition) is 4. The minimum atomic E-state index is -0.743. The molecule has 0 aromatic heterocycles. The number of Topliss-reactive ketones (excluding diaryl/α,β-unsaturated/α-hetero) is 1. The highest BCUT2D eigenvalue weighted by molar-refractivity contribution is 6.03. The van der Waals surface area contributed by atoms with Gasteiger partial charge in [0.25, 0.3) is 11.8 Å². The van der Waals surface area contributed by atoms with Crippen molar-refractivity contribution in [1.82, 2.24) is 15.1 Å².